The summed E-state index contributed by atoms with van der Waals surface area (Å²) in [6, 6.07) is 9.48. The van der Waals surface area contributed by atoms with E-state index in [1.54, 1.807) is 0 Å². The van der Waals surface area contributed by atoms with Crippen LogP contribution in [0.5, 0.6) is 0 Å². The molecule has 1 aromatic rings. The quantitative estimate of drug-likeness (QED) is 0.573. The minimum absolute atomic E-state index is 0.156. The first-order valence-corrected chi connectivity index (χ1v) is 5.99. The first-order chi connectivity index (χ1) is 8.08. The summed E-state index contributed by atoms with van der Waals surface area (Å²) in [5, 5.41) is 0. The van der Waals surface area contributed by atoms with Crippen molar-refractivity contribution >= 4 is 5.78 Å². The molecule has 0 radical (unpaired) electrons. The van der Waals surface area contributed by atoms with Gasteiger partial charge in [0.25, 0.3) is 0 Å². The van der Waals surface area contributed by atoms with Gasteiger partial charge in [-0.2, -0.15) is 0 Å². The molecule has 92 valence electrons. The third kappa shape index (κ3) is 2.64. The Morgan fingerprint density at radius 1 is 1.29 bits per heavy atom. The summed E-state index contributed by atoms with van der Waals surface area (Å²) in [5.74, 6) is 0.156. The largest absolute Gasteiger partial charge is 0.294 e. The van der Waals surface area contributed by atoms with E-state index in [1.807, 2.05) is 75.3 Å². The number of allylic oxidation sites excluding steroid dienone is 1. The highest BCUT2D eigenvalue weighted by Gasteiger charge is 2.36. The van der Waals surface area contributed by atoms with Gasteiger partial charge in [0.2, 0.25) is 0 Å². The highest BCUT2D eigenvalue weighted by Crippen LogP contribution is 2.24. The number of benzene rings is 1. The van der Waals surface area contributed by atoms with Crippen LogP contribution in [0.3, 0.4) is 0 Å². The maximum absolute atomic E-state index is 12.6. The molecular formula is C15H21NO. The van der Waals surface area contributed by atoms with Crippen molar-refractivity contribution in [2.75, 3.05) is 14.1 Å². The minimum Gasteiger partial charge on any atom is -0.294 e. The molecular weight excluding hydrogens is 210 g/mol. The lowest BCUT2D eigenvalue weighted by atomic mass is 9.85. The van der Waals surface area contributed by atoms with E-state index in [0.717, 1.165) is 12.0 Å². The molecule has 0 fully saturated rings. The van der Waals surface area contributed by atoms with Crippen molar-refractivity contribution in [3.05, 3.63) is 48.0 Å². The number of Topliss-reactive ketones (excluding diaryl/α,β-unsaturated/α-hetero) is 1. The third-order valence-corrected chi connectivity index (χ3v) is 3.21. The molecule has 17 heavy (non-hydrogen) atoms. The Morgan fingerprint density at radius 2 is 1.88 bits per heavy atom. The van der Waals surface area contributed by atoms with Crippen molar-refractivity contribution in [2.24, 2.45) is 0 Å². The Bertz CT molecular complexity index is 395. The van der Waals surface area contributed by atoms with E-state index in [2.05, 4.69) is 0 Å². The zero-order chi connectivity index (χ0) is 12.9. The van der Waals surface area contributed by atoms with E-state index in [1.165, 1.54) is 0 Å². The number of likely N-dealkylation sites (N-methyl/N-ethyl adjacent to an activating group) is 1. The van der Waals surface area contributed by atoms with Gasteiger partial charge in [0.05, 0.1) is 0 Å². The zero-order valence-electron chi connectivity index (χ0n) is 11.1. The van der Waals surface area contributed by atoms with Gasteiger partial charge in [-0.1, -0.05) is 49.4 Å². The predicted octanol–water partition coefficient (Wildman–Crippen LogP) is 3.16. The van der Waals surface area contributed by atoms with Crippen LogP contribution < -0.4 is 0 Å². The van der Waals surface area contributed by atoms with Gasteiger partial charge in [-0.15, -0.1) is 0 Å². The molecule has 0 saturated carbocycles. The van der Waals surface area contributed by atoms with Crippen LogP contribution in [0.15, 0.2) is 42.5 Å². The average Bonchev–Trinajstić information content (AvgIpc) is 2.36. The van der Waals surface area contributed by atoms with Gasteiger partial charge >= 0.3 is 0 Å². The van der Waals surface area contributed by atoms with E-state index >= 15 is 0 Å². The van der Waals surface area contributed by atoms with E-state index in [9.17, 15) is 4.79 Å². The zero-order valence-corrected chi connectivity index (χ0v) is 11.1. The Kier molecular flexibility index (Phi) is 4.64. The molecule has 1 atom stereocenters. The number of nitrogens with zero attached hydrogens (tertiary/aromatic N) is 1. The van der Waals surface area contributed by atoms with Gasteiger partial charge in [-0.3, -0.25) is 9.69 Å². The van der Waals surface area contributed by atoms with Gasteiger partial charge in [0.1, 0.15) is 5.54 Å². The molecule has 0 heterocycles. The normalized spacial score (nSPS) is 15.1. The molecule has 0 spiro atoms. The van der Waals surface area contributed by atoms with E-state index in [-0.39, 0.29) is 5.78 Å². The predicted molar refractivity (Wildman–Crippen MR) is 72.3 cm³/mol. The van der Waals surface area contributed by atoms with Crippen molar-refractivity contribution in [1.82, 2.24) is 4.90 Å². The summed E-state index contributed by atoms with van der Waals surface area (Å²) < 4.78 is 0. The highest BCUT2D eigenvalue weighted by atomic mass is 16.1. The molecule has 0 aliphatic carbocycles. The van der Waals surface area contributed by atoms with Gasteiger partial charge in [0, 0.05) is 5.56 Å². The van der Waals surface area contributed by atoms with Gasteiger partial charge in [-0.25, -0.2) is 0 Å². The number of hydrogen-bond donors (Lipinski definition) is 0. The minimum atomic E-state index is -0.532. The van der Waals surface area contributed by atoms with Crippen LogP contribution in [-0.2, 0) is 0 Å². The SMILES string of the molecule is CC=CC(CC)(C(=O)c1ccccc1)N(C)C. The van der Waals surface area contributed by atoms with Gasteiger partial charge < -0.3 is 0 Å². The summed E-state index contributed by atoms with van der Waals surface area (Å²) in [6.45, 7) is 3.99. The molecule has 1 rings (SSSR count). The third-order valence-electron chi connectivity index (χ3n) is 3.21. The number of hydrogen-bond acceptors (Lipinski definition) is 2. The Balaban J connectivity index is 3.20. The molecule has 0 aliphatic heterocycles. The van der Waals surface area contributed by atoms with E-state index in [0.29, 0.717) is 0 Å². The van der Waals surface area contributed by atoms with E-state index in [4.69, 9.17) is 0 Å². The molecule has 0 aromatic heterocycles. The van der Waals surface area contributed by atoms with Crippen LogP contribution in [0.1, 0.15) is 30.6 Å². The fourth-order valence-corrected chi connectivity index (χ4v) is 2.14. The van der Waals surface area contributed by atoms with Crippen LogP contribution >= 0.6 is 0 Å². The van der Waals surface area contributed by atoms with Gasteiger partial charge in [-0.05, 0) is 27.4 Å². The Labute approximate surface area is 104 Å². The summed E-state index contributed by atoms with van der Waals surface area (Å²) in [6.07, 6.45) is 4.70. The number of carbonyl (C=O) groups is 1. The van der Waals surface area contributed by atoms with Crippen LogP contribution in [-0.4, -0.2) is 30.3 Å². The second kappa shape index (κ2) is 5.78. The molecule has 0 N–H and O–H groups in total. The monoisotopic (exact) mass is 231 g/mol. The Morgan fingerprint density at radius 3 is 2.29 bits per heavy atom. The second-order valence-corrected chi connectivity index (χ2v) is 4.37. The lowest BCUT2D eigenvalue weighted by Gasteiger charge is -2.35. The van der Waals surface area contributed by atoms with Crippen LogP contribution in [0.25, 0.3) is 0 Å². The van der Waals surface area contributed by atoms with Gasteiger partial charge in [0.15, 0.2) is 5.78 Å². The average molecular weight is 231 g/mol. The van der Waals surface area contributed by atoms with E-state index < -0.39 is 5.54 Å². The number of carbonyl (C=O) groups excluding carboxylic acids is 1. The standard InChI is InChI=1S/C15H21NO/c1-5-12-15(6-2,16(3)4)14(17)13-10-8-7-9-11-13/h5,7-12H,6H2,1-4H3. The fraction of sp³-hybridized carbons (Fsp3) is 0.400. The molecule has 1 aromatic carbocycles. The summed E-state index contributed by atoms with van der Waals surface area (Å²) in [5.41, 5.74) is 0.233. The number of ketones is 1. The number of rotatable bonds is 5. The molecule has 1 unspecified atom stereocenters. The molecule has 2 heteroatoms. The molecule has 0 amide bonds. The topological polar surface area (TPSA) is 20.3 Å². The van der Waals surface area contributed by atoms with Crippen molar-refractivity contribution in [1.29, 1.82) is 0 Å². The van der Waals surface area contributed by atoms with Crippen molar-refractivity contribution in [2.45, 2.75) is 25.8 Å². The highest BCUT2D eigenvalue weighted by molar-refractivity contribution is 6.04. The second-order valence-electron chi connectivity index (χ2n) is 4.37. The van der Waals surface area contributed by atoms with Crippen molar-refractivity contribution < 1.29 is 4.79 Å². The maximum atomic E-state index is 12.6. The smallest absolute Gasteiger partial charge is 0.186 e. The summed E-state index contributed by atoms with van der Waals surface area (Å²) in [4.78, 5) is 14.6. The van der Waals surface area contributed by atoms with Crippen molar-refractivity contribution in [3.8, 4) is 0 Å². The lowest BCUT2D eigenvalue weighted by molar-refractivity contribution is 0.0767. The van der Waals surface area contributed by atoms with Crippen molar-refractivity contribution in [3.63, 3.8) is 0 Å². The van der Waals surface area contributed by atoms with Crippen LogP contribution in [0.2, 0.25) is 0 Å². The Hall–Kier alpha value is -1.41. The fourth-order valence-electron chi connectivity index (χ4n) is 2.14. The molecule has 2 nitrogen and oxygen atoms in total. The molecule has 0 aliphatic rings. The molecule has 0 saturated heterocycles. The first kappa shape index (κ1) is 13.7. The van der Waals surface area contributed by atoms with Crippen LogP contribution in [0.4, 0.5) is 0 Å². The maximum Gasteiger partial charge on any atom is 0.186 e. The summed E-state index contributed by atoms with van der Waals surface area (Å²) in [7, 11) is 3.90. The summed E-state index contributed by atoms with van der Waals surface area (Å²) >= 11 is 0. The van der Waals surface area contributed by atoms with Crippen LogP contribution in [0, 0.1) is 0 Å². The molecule has 0 bridgehead atoms. The first-order valence-electron chi connectivity index (χ1n) is 5.99. The lowest BCUT2D eigenvalue weighted by Crippen LogP contribution is -2.49.